The van der Waals surface area contributed by atoms with Crippen LogP contribution in [0.2, 0.25) is 0 Å². The van der Waals surface area contributed by atoms with Gasteiger partial charge in [-0.15, -0.1) is 0 Å². The number of carboxylic acid groups (broad SMARTS) is 1. The SMILES string of the molecule is O=C(O)C1CCN(c2nccc3cc(C(F)(F)F)ccc23)C1. The van der Waals surface area contributed by atoms with Crippen LogP contribution in [-0.4, -0.2) is 29.1 Å². The van der Waals surface area contributed by atoms with Gasteiger partial charge in [0.25, 0.3) is 0 Å². The third-order valence-electron chi connectivity index (χ3n) is 3.91. The van der Waals surface area contributed by atoms with Crippen LogP contribution in [0.4, 0.5) is 19.0 Å². The van der Waals surface area contributed by atoms with Crippen LogP contribution in [0.15, 0.2) is 30.5 Å². The predicted molar refractivity (Wildman–Crippen MR) is 74.7 cm³/mol. The van der Waals surface area contributed by atoms with Gasteiger partial charge in [0.2, 0.25) is 0 Å². The molecule has 1 N–H and O–H groups in total. The van der Waals surface area contributed by atoms with Crippen LogP contribution in [0.25, 0.3) is 10.8 Å². The molecule has 1 aromatic heterocycles. The van der Waals surface area contributed by atoms with E-state index >= 15 is 0 Å². The van der Waals surface area contributed by atoms with E-state index in [4.69, 9.17) is 5.11 Å². The van der Waals surface area contributed by atoms with E-state index in [1.807, 2.05) is 4.90 Å². The molecule has 1 fully saturated rings. The van der Waals surface area contributed by atoms with Crippen LogP contribution in [0.5, 0.6) is 0 Å². The van der Waals surface area contributed by atoms with E-state index < -0.39 is 23.6 Å². The zero-order valence-electron chi connectivity index (χ0n) is 11.5. The summed E-state index contributed by atoms with van der Waals surface area (Å²) >= 11 is 0. The second-order valence-corrected chi connectivity index (χ2v) is 5.34. The van der Waals surface area contributed by atoms with E-state index in [2.05, 4.69) is 4.98 Å². The number of aliphatic carboxylic acids is 1. The Labute approximate surface area is 124 Å². The molecule has 0 aliphatic carbocycles. The number of fused-ring (bicyclic) bond motifs is 1. The molecule has 1 saturated heterocycles. The number of benzene rings is 1. The highest BCUT2D eigenvalue weighted by atomic mass is 19.4. The van der Waals surface area contributed by atoms with Gasteiger partial charge in [-0.25, -0.2) is 4.98 Å². The summed E-state index contributed by atoms with van der Waals surface area (Å²) in [6, 6.07) is 5.04. The van der Waals surface area contributed by atoms with Crippen LogP contribution >= 0.6 is 0 Å². The molecule has 2 aromatic rings. The lowest BCUT2D eigenvalue weighted by Crippen LogP contribution is -2.23. The molecule has 4 nitrogen and oxygen atoms in total. The van der Waals surface area contributed by atoms with Crippen molar-refractivity contribution in [2.45, 2.75) is 12.6 Å². The maximum atomic E-state index is 12.8. The fourth-order valence-corrected chi connectivity index (χ4v) is 2.74. The molecule has 0 amide bonds. The van der Waals surface area contributed by atoms with E-state index in [0.717, 1.165) is 12.1 Å². The Morgan fingerprint density at radius 2 is 2.09 bits per heavy atom. The van der Waals surface area contributed by atoms with Gasteiger partial charge >= 0.3 is 12.1 Å². The first-order valence-electron chi connectivity index (χ1n) is 6.80. The van der Waals surface area contributed by atoms with Crippen molar-refractivity contribution in [2.24, 2.45) is 5.92 Å². The summed E-state index contributed by atoms with van der Waals surface area (Å²) in [7, 11) is 0. The Morgan fingerprint density at radius 3 is 2.73 bits per heavy atom. The van der Waals surface area contributed by atoms with Crippen LogP contribution in [0.1, 0.15) is 12.0 Å². The Bertz CT molecular complexity index is 730. The Kier molecular flexibility index (Phi) is 3.42. The van der Waals surface area contributed by atoms with Gasteiger partial charge in [0.1, 0.15) is 5.82 Å². The van der Waals surface area contributed by atoms with E-state index in [1.165, 1.54) is 18.3 Å². The number of carbonyl (C=O) groups is 1. The van der Waals surface area contributed by atoms with Crippen molar-refractivity contribution in [1.29, 1.82) is 0 Å². The molecule has 1 aliphatic heterocycles. The topological polar surface area (TPSA) is 53.4 Å². The van der Waals surface area contributed by atoms with Gasteiger partial charge in [0, 0.05) is 24.7 Å². The number of alkyl halides is 3. The lowest BCUT2D eigenvalue weighted by Gasteiger charge is -2.19. The second kappa shape index (κ2) is 5.15. The molecule has 116 valence electrons. The molecule has 3 rings (SSSR count). The number of hydrogen-bond acceptors (Lipinski definition) is 3. The summed E-state index contributed by atoms with van der Waals surface area (Å²) in [5.74, 6) is -0.788. The average Bonchev–Trinajstić information content (AvgIpc) is 2.95. The highest BCUT2D eigenvalue weighted by Gasteiger charge is 2.32. The molecule has 22 heavy (non-hydrogen) atoms. The van der Waals surface area contributed by atoms with Gasteiger partial charge in [-0.1, -0.05) is 6.07 Å². The molecule has 1 atom stereocenters. The monoisotopic (exact) mass is 310 g/mol. The van der Waals surface area contributed by atoms with Crippen molar-refractivity contribution in [3.63, 3.8) is 0 Å². The number of hydrogen-bond donors (Lipinski definition) is 1. The molecule has 1 aliphatic rings. The summed E-state index contributed by atoms with van der Waals surface area (Å²) in [5, 5.41) is 10.1. The fraction of sp³-hybridized carbons (Fsp3) is 0.333. The Balaban J connectivity index is 2.00. The number of rotatable bonds is 2. The highest BCUT2D eigenvalue weighted by Crippen LogP contribution is 2.34. The Hall–Kier alpha value is -2.31. The van der Waals surface area contributed by atoms with Crippen LogP contribution in [0, 0.1) is 5.92 Å². The first-order chi connectivity index (χ1) is 10.4. The summed E-state index contributed by atoms with van der Waals surface area (Å²) in [6.07, 6.45) is -2.43. The van der Waals surface area contributed by atoms with Gasteiger partial charge in [0.05, 0.1) is 11.5 Å². The standard InChI is InChI=1S/C15H13F3N2O2/c16-15(17,18)11-1-2-12-9(7-11)3-5-19-13(12)20-6-4-10(8-20)14(21)22/h1-3,5,7,10H,4,6,8H2,(H,21,22). The second-order valence-electron chi connectivity index (χ2n) is 5.34. The molecule has 1 aromatic carbocycles. The number of carboxylic acids is 1. The zero-order valence-corrected chi connectivity index (χ0v) is 11.5. The lowest BCUT2D eigenvalue weighted by molar-refractivity contribution is -0.141. The summed E-state index contributed by atoms with van der Waals surface area (Å²) in [5.41, 5.74) is -0.706. The molecular weight excluding hydrogens is 297 g/mol. The van der Waals surface area contributed by atoms with Gasteiger partial charge in [0.15, 0.2) is 0 Å². The summed E-state index contributed by atoms with van der Waals surface area (Å²) in [6.45, 7) is 0.854. The normalized spacial score (nSPS) is 18.9. The largest absolute Gasteiger partial charge is 0.481 e. The van der Waals surface area contributed by atoms with Crippen molar-refractivity contribution in [3.8, 4) is 0 Å². The third kappa shape index (κ3) is 2.58. The van der Waals surface area contributed by atoms with Crippen molar-refractivity contribution >= 4 is 22.6 Å². The van der Waals surface area contributed by atoms with Gasteiger partial charge < -0.3 is 10.0 Å². The molecule has 0 saturated carbocycles. The predicted octanol–water partition coefficient (Wildman–Crippen LogP) is 3.16. The van der Waals surface area contributed by atoms with Crippen LogP contribution in [-0.2, 0) is 11.0 Å². The first kappa shape index (κ1) is 14.6. The zero-order chi connectivity index (χ0) is 15.9. The molecule has 1 unspecified atom stereocenters. The molecular formula is C15H13F3N2O2. The van der Waals surface area contributed by atoms with Gasteiger partial charge in [-0.3, -0.25) is 4.79 Å². The summed E-state index contributed by atoms with van der Waals surface area (Å²) < 4.78 is 38.3. The maximum Gasteiger partial charge on any atom is 0.416 e. The van der Waals surface area contributed by atoms with Gasteiger partial charge in [-0.05, 0) is 30.0 Å². The highest BCUT2D eigenvalue weighted by molar-refractivity contribution is 5.93. The minimum Gasteiger partial charge on any atom is -0.481 e. The van der Waals surface area contributed by atoms with E-state index in [1.54, 1.807) is 0 Å². The third-order valence-corrected chi connectivity index (χ3v) is 3.91. The Morgan fingerprint density at radius 1 is 1.32 bits per heavy atom. The van der Waals surface area contributed by atoms with Crippen molar-refractivity contribution in [1.82, 2.24) is 4.98 Å². The average molecular weight is 310 g/mol. The maximum absolute atomic E-state index is 12.8. The number of nitrogens with zero attached hydrogens (tertiary/aromatic N) is 2. The number of halogens is 3. The van der Waals surface area contributed by atoms with Crippen molar-refractivity contribution < 1.29 is 23.1 Å². The van der Waals surface area contributed by atoms with Crippen molar-refractivity contribution in [2.75, 3.05) is 18.0 Å². The molecule has 0 bridgehead atoms. The van der Waals surface area contributed by atoms with E-state index in [0.29, 0.717) is 36.1 Å². The smallest absolute Gasteiger partial charge is 0.416 e. The summed E-state index contributed by atoms with van der Waals surface area (Å²) in [4.78, 5) is 17.1. The van der Waals surface area contributed by atoms with Crippen molar-refractivity contribution in [3.05, 3.63) is 36.0 Å². The molecule has 2 heterocycles. The number of pyridine rings is 1. The number of aromatic nitrogens is 1. The molecule has 0 spiro atoms. The molecule has 7 heteroatoms. The number of anilines is 1. The van der Waals surface area contributed by atoms with Crippen LogP contribution in [0.3, 0.4) is 0 Å². The first-order valence-corrected chi connectivity index (χ1v) is 6.80. The van der Waals surface area contributed by atoms with E-state index in [-0.39, 0.29) is 0 Å². The minimum absolute atomic E-state index is 0.322. The quantitative estimate of drug-likeness (QED) is 0.926. The molecule has 0 radical (unpaired) electrons. The van der Waals surface area contributed by atoms with Crippen LogP contribution < -0.4 is 4.90 Å². The lowest BCUT2D eigenvalue weighted by atomic mass is 10.1. The van der Waals surface area contributed by atoms with E-state index in [9.17, 15) is 18.0 Å². The fourth-order valence-electron chi connectivity index (χ4n) is 2.74. The van der Waals surface area contributed by atoms with Gasteiger partial charge in [-0.2, -0.15) is 13.2 Å². The minimum atomic E-state index is -4.39.